The highest BCUT2D eigenvalue weighted by molar-refractivity contribution is 5.93. The number of rotatable bonds is 5. The van der Waals surface area contributed by atoms with Crippen LogP contribution in [0.25, 0.3) is 0 Å². The molecule has 4 N–H and O–H groups in total. The van der Waals surface area contributed by atoms with Crippen LogP contribution in [0, 0.1) is 5.41 Å². The molecule has 0 aromatic heterocycles. The number of benzene rings is 1. The van der Waals surface area contributed by atoms with Crippen LogP contribution in [0.2, 0.25) is 0 Å². The third-order valence-electron chi connectivity index (χ3n) is 4.46. The van der Waals surface area contributed by atoms with Crippen molar-refractivity contribution in [2.75, 3.05) is 29.9 Å². The zero-order chi connectivity index (χ0) is 17.6. The Kier molecular flexibility index (Phi) is 6.06. The Balaban J connectivity index is 2.01. The summed E-state index contributed by atoms with van der Waals surface area (Å²) in [6.45, 7) is 5.63. The van der Waals surface area contributed by atoms with Gasteiger partial charge in [-0.25, -0.2) is 4.79 Å². The Morgan fingerprint density at radius 3 is 2.38 bits per heavy atom. The van der Waals surface area contributed by atoms with Crippen LogP contribution < -0.4 is 21.3 Å². The number of nitrogens with zero attached hydrogens (tertiary/aromatic N) is 1. The number of carbonyl (C=O) groups is 2. The van der Waals surface area contributed by atoms with E-state index in [1.807, 2.05) is 24.3 Å². The second-order valence-electron chi connectivity index (χ2n) is 6.97. The summed E-state index contributed by atoms with van der Waals surface area (Å²) in [7, 11) is 0. The van der Waals surface area contributed by atoms with Crippen LogP contribution in [-0.2, 0) is 4.79 Å². The van der Waals surface area contributed by atoms with E-state index < -0.39 is 11.3 Å². The van der Waals surface area contributed by atoms with Gasteiger partial charge in [-0.2, -0.15) is 0 Å². The number of hydrogen-bond acceptors (Lipinski definition) is 3. The SMILES string of the molecule is CC(C)(CNC(=O)Nc1ccccc1N1CCCCCC1)C(N)=O. The second-order valence-corrected chi connectivity index (χ2v) is 6.97. The van der Waals surface area contributed by atoms with Crippen LogP contribution in [0.4, 0.5) is 16.2 Å². The molecule has 6 nitrogen and oxygen atoms in total. The fraction of sp³-hybridized carbons (Fsp3) is 0.556. The van der Waals surface area contributed by atoms with E-state index in [1.54, 1.807) is 13.8 Å². The standard InChI is InChI=1S/C18H28N4O2/c1-18(2,16(19)23)13-20-17(24)21-14-9-5-6-10-15(14)22-11-7-3-4-8-12-22/h5-6,9-10H,3-4,7-8,11-13H2,1-2H3,(H2,19,23)(H2,20,21,24). The zero-order valence-corrected chi connectivity index (χ0v) is 14.6. The summed E-state index contributed by atoms with van der Waals surface area (Å²) in [5, 5.41) is 5.62. The van der Waals surface area contributed by atoms with Crippen molar-refractivity contribution in [3.8, 4) is 0 Å². The molecule has 1 fully saturated rings. The predicted octanol–water partition coefficient (Wildman–Crippen LogP) is 2.70. The molecule has 0 bridgehead atoms. The van der Waals surface area contributed by atoms with Crippen molar-refractivity contribution in [2.45, 2.75) is 39.5 Å². The van der Waals surface area contributed by atoms with Gasteiger partial charge in [0, 0.05) is 19.6 Å². The Morgan fingerprint density at radius 2 is 1.75 bits per heavy atom. The predicted molar refractivity (Wildman–Crippen MR) is 97.1 cm³/mol. The van der Waals surface area contributed by atoms with E-state index in [9.17, 15) is 9.59 Å². The molecule has 1 aliphatic rings. The summed E-state index contributed by atoms with van der Waals surface area (Å²) >= 11 is 0. The number of para-hydroxylation sites is 2. The number of urea groups is 1. The molecule has 3 amide bonds. The quantitative estimate of drug-likeness (QED) is 0.774. The van der Waals surface area contributed by atoms with E-state index in [2.05, 4.69) is 15.5 Å². The third-order valence-corrected chi connectivity index (χ3v) is 4.46. The number of amides is 3. The molecule has 0 radical (unpaired) electrons. The molecule has 1 aliphatic heterocycles. The Labute approximate surface area is 143 Å². The van der Waals surface area contributed by atoms with Crippen molar-refractivity contribution in [2.24, 2.45) is 11.1 Å². The highest BCUT2D eigenvalue weighted by Crippen LogP contribution is 2.27. The van der Waals surface area contributed by atoms with E-state index in [-0.39, 0.29) is 12.6 Å². The minimum Gasteiger partial charge on any atom is -0.370 e. The first-order valence-electron chi connectivity index (χ1n) is 8.59. The van der Waals surface area contributed by atoms with Crippen molar-refractivity contribution in [3.05, 3.63) is 24.3 Å². The molecule has 0 aliphatic carbocycles. The van der Waals surface area contributed by atoms with Crippen LogP contribution in [-0.4, -0.2) is 31.6 Å². The summed E-state index contributed by atoms with van der Waals surface area (Å²) in [5.74, 6) is -0.437. The Morgan fingerprint density at radius 1 is 1.12 bits per heavy atom. The van der Waals surface area contributed by atoms with Gasteiger partial charge in [0.25, 0.3) is 0 Å². The van der Waals surface area contributed by atoms with Gasteiger partial charge in [-0.15, -0.1) is 0 Å². The topological polar surface area (TPSA) is 87.5 Å². The van der Waals surface area contributed by atoms with Crippen LogP contribution in [0.1, 0.15) is 39.5 Å². The molecular formula is C18H28N4O2. The maximum atomic E-state index is 12.2. The van der Waals surface area contributed by atoms with Crippen LogP contribution in [0.3, 0.4) is 0 Å². The normalized spacial score (nSPS) is 15.5. The second kappa shape index (κ2) is 8.04. The molecule has 1 aromatic rings. The van der Waals surface area contributed by atoms with Crippen LogP contribution in [0.5, 0.6) is 0 Å². The highest BCUT2D eigenvalue weighted by atomic mass is 16.2. The van der Waals surface area contributed by atoms with Crippen molar-refractivity contribution in [3.63, 3.8) is 0 Å². The smallest absolute Gasteiger partial charge is 0.319 e. The molecule has 0 spiro atoms. The minimum atomic E-state index is -0.776. The van der Waals surface area contributed by atoms with Gasteiger partial charge in [0.1, 0.15) is 0 Å². The van der Waals surface area contributed by atoms with Gasteiger partial charge in [0.2, 0.25) is 5.91 Å². The molecular weight excluding hydrogens is 304 g/mol. The lowest BCUT2D eigenvalue weighted by Gasteiger charge is -2.26. The van der Waals surface area contributed by atoms with Crippen molar-refractivity contribution >= 4 is 23.3 Å². The summed E-state index contributed by atoms with van der Waals surface area (Å²) < 4.78 is 0. The number of anilines is 2. The summed E-state index contributed by atoms with van der Waals surface area (Å²) in [6.07, 6.45) is 4.87. The van der Waals surface area contributed by atoms with Gasteiger partial charge in [-0.05, 0) is 38.8 Å². The summed E-state index contributed by atoms with van der Waals surface area (Å²) in [5.41, 5.74) is 6.38. The molecule has 0 unspecified atom stereocenters. The lowest BCUT2D eigenvalue weighted by atomic mass is 9.93. The fourth-order valence-corrected chi connectivity index (χ4v) is 2.72. The first-order valence-corrected chi connectivity index (χ1v) is 8.59. The van der Waals surface area contributed by atoms with Crippen molar-refractivity contribution < 1.29 is 9.59 Å². The maximum Gasteiger partial charge on any atom is 0.319 e. The van der Waals surface area contributed by atoms with Gasteiger partial charge in [0.05, 0.1) is 16.8 Å². The van der Waals surface area contributed by atoms with Crippen molar-refractivity contribution in [1.82, 2.24) is 5.32 Å². The molecule has 132 valence electrons. The van der Waals surface area contributed by atoms with Gasteiger partial charge < -0.3 is 21.3 Å². The Hall–Kier alpha value is -2.24. The molecule has 24 heavy (non-hydrogen) atoms. The molecule has 1 heterocycles. The van der Waals surface area contributed by atoms with Crippen LogP contribution in [0.15, 0.2) is 24.3 Å². The number of primary amides is 1. The average Bonchev–Trinajstić information content (AvgIpc) is 2.82. The number of hydrogen-bond donors (Lipinski definition) is 3. The van der Waals surface area contributed by atoms with E-state index in [4.69, 9.17) is 5.73 Å². The van der Waals surface area contributed by atoms with Crippen LogP contribution >= 0.6 is 0 Å². The maximum absolute atomic E-state index is 12.2. The first-order chi connectivity index (χ1) is 11.4. The fourth-order valence-electron chi connectivity index (χ4n) is 2.72. The largest absolute Gasteiger partial charge is 0.370 e. The molecule has 2 rings (SSSR count). The van der Waals surface area contributed by atoms with E-state index in [0.29, 0.717) is 0 Å². The molecule has 0 saturated carbocycles. The van der Waals surface area contributed by atoms with E-state index >= 15 is 0 Å². The lowest BCUT2D eigenvalue weighted by molar-refractivity contribution is -0.125. The summed E-state index contributed by atoms with van der Waals surface area (Å²) in [4.78, 5) is 25.9. The summed E-state index contributed by atoms with van der Waals surface area (Å²) in [6, 6.07) is 7.50. The molecule has 1 saturated heterocycles. The van der Waals surface area contributed by atoms with E-state index in [1.165, 1.54) is 25.7 Å². The monoisotopic (exact) mass is 332 g/mol. The Bertz CT molecular complexity index is 578. The van der Waals surface area contributed by atoms with Gasteiger partial charge >= 0.3 is 6.03 Å². The molecule has 1 aromatic carbocycles. The van der Waals surface area contributed by atoms with Gasteiger partial charge in [-0.1, -0.05) is 25.0 Å². The lowest BCUT2D eigenvalue weighted by Crippen LogP contribution is -2.43. The average molecular weight is 332 g/mol. The van der Waals surface area contributed by atoms with Gasteiger partial charge in [0.15, 0.2) is 0 Å². The molecule has 0 atom stereocenters. The number of nitrogens with two attached hydrogens (primary N) is 1. The first kappa shape index (κ1) is 18.1. The third kappa shape index (κ3) is 4.88. The molecule has 6 heteroatoms. The minimum absolute atomic E-state index is 0.194. The van der Waals surface area contributed by atoms with E-state index in [0.717, 1.165) is 24.5 Å². The zero-order valence-electron chi connectivity index (χ0n) is 14.6. The highest BCUT2D eigenvalue weighted by Gasteiger charge is 2.25. The van der Waals surface area contributed by atoms with Crippen molar-refractivity contribution in [1.29, 1.82) is 0 Å². The van der Waals surface area contributed by atoms with Gasteiger partial charge in [-0.3, -0.25) is 4.79 Å². The number of carbonyl (C=O) groups excluding carboxylic acids is 2. The number of nitrogens with one attached hydrogen (secondary N) is 2.